The molecule has 1 unspecified atom stereocenters. The lowest BCUT2D eigenvalue weighted by atomic mass is 10.0. The average Bonchev–Trinajstić information content (AvgIpc) is 3.13. The number of furan rings is 1. The van der Waals surface area contributed by atoms with Crippen LogP contribution in [0.2, 0.25) is 0 Å². The third kappa shape index (κ3) is 4.78. The van der Waals surface area contributed by atoms with Crippen LogP contribution in [0.5, 0.6) is 0 Å². The van der Waals surface area contributed by atoms with Gasteiger partial charge in [-0.1, -0.05) is 48.5 Å². The Morgan fingerprint density at radius 3 is 2.47 bits per heavy atom. The fourth-order valence-electron chi connectivity index (χ4n) is 3.22. The van der Waals surface area contributed by atoms with Gasteiger partial charge in [-0.25, -0.2) is 4.79 Å². The molecule has 30 heavy (non-hydrogen) atoms. The molecule has 1 aromatic heterocycles. The maximum absolute atomic E-state index is 12.9. The van der Waals surface area contributed by atoms with E-state index in [1.807, 2.05) is 73.5 Å². The summed E-state index contributed by atoms with van der Waals surface area (Å²) in [6, 6.07) is 18.9. The molecule has 3 aromatic rings. The van der Waals surface area contributed by atoms with Gasteiger partial charge in [0.15, 0.2) is 0 Å². The summed E-state index contributed by atoms with van der Waals surface area (Å²) < 4.78 is 10.4. The number of carbonyl (C=O) groups excluding carboxylic acids is 2. The third-order valence-electron chi connectivity index (χ3n) is 5.09. The molecule has 0 bridgehead atoms. The summed E-state index contributed by atoms with van der Waals surface area (Å²) in [4.78, 5) is 26.5. The molecule has 1 amide bonds. The number of benzene rings is 2. The molecule has 0 aliphatic rings. The number of aryl methyl sites for hydroxylation is 1. The number of amides is 1. The maximum Gasteiger partial charge on any atom is 0.341 e. The van der Waals surface area contributed by atoms with Crippen LogP contribution in [0.4, 0.5) is 5.69 Å². The van der Waals surface area contributed by atoms with E-state index < -0.39 is 12.0 Å². The lowest BCUT2D eigenvalue weighted by Crippen LogP contribution is -2.39. The lowest BCUT2D eigenvalue weighted by Gasteiger charge is -2.23. The average molecular weight is 406 g/mol. The van der Waals surface area contributed by atoms with Crippen LogP contribution >= 0.6 is 0 Å². The van der Waals surface area contributed by atoms with Gasteiger partial charge in [0.1, 0.15) is 17.1 Å². The van der Waals surface area contributed by atoms with Gasteiger partial charge < -0.3 is 14.5 Å². The molecule has 3 rings (SSSR count). The second-order valence-corrected chi connectivity index (χ2v) is 7.17. The normalized spacial score (nSPS) is 11.9. The largest absolute Gasteiger partial charge is 0.465 e. The lowest BCUT2D eigenvalue weighted by molar-refractivity contribution is -0.120. The SMILES string of the molecule is COC(=O)c1cc(CN(C)C(C)C(=O)Nc2ccccc2-c2ccccc2)oc1C. The summed E-state index contributed by atoms with van der Waals surface area (Å²) in [6.07, 6.45) is 0. The number of ether oxygens (including phenoxy) is 1. The van der Waals surface area contributed by atoms with E-state index in [1.165, 1.54) is 7.11 Å². The van der Waals surface area contributed by atoms with Gasteiger partial charge in [0.05, 0.1) is 19.7 Å². The van der Waals surface area contributed by atoms with Crippen LogP contribution in [-0.2, 0) is 16.1 Å². The number of nitrogens with one attached hydrogen (secondary N) is 1. The molecular weight excluding hydrogens is 380 g/mol. The van der Waals surface area contributed by atoms with E-state index >= 15 is 0 Å². The maximum atomic E-state index is 12.9. The van der Waals surface area contributed by atoms with Crippen LogP contribution in [0.25, 0.3) is 11.1 Å². The van der Waals surface area contributed by atoms with Crippen molar-refractivity contribution in [1.29, 1.82) is 0 Å². The van der Waals surface area contributed by atoms with Crippen LogP contribution in [0.15, 0.2) is 65.1 Å². The van der Waals surface area contributed by atoms with Gasteiger partial charge in [-0.15, -0.1) is 0 Å². The highest BCUT2D eigenvalue weighted by Gasteiger charge is 2.22. The number of rotatable bonds is 7. The Morgan fingerprint density at radius 1 is 1.10 bits per heavy atom. The highest BCUT2D eigenvalue weighted by atomic mass is 16.5. The molecular formula is C24H26N2O4. The molecule has 0 saturated carbocycles. The van der Waals surface area contributed by atoms with Crippen molar-refractivity contribution in [3.8, 4) is 11.1 Å². The quantitative estimate of drug-likeness (QED) is 0.585. The molecule has 1 N–H and O–H groups in total. The number of carbonyl (C=O) groups is 2. The topological polar surface area (TPSA) is 71.8 Å². The Labute approximate surface area is 176 Å². The molecule has 6 nitrogen and oxygen atoms in total. The van der Waals surface area contributed by atoms with Crippen molar-refractivity contribution in [2.24, 2.45) is 0 Å². The van der Waals surface area contributed by atoms with Crippen molar-refractivity contribution >= 4 is 17.6 Å². The first kappa shape index (κ1) is 21.3. The van der Waals surface area contributed by atoms with Gasteiger partial charge in [-0.3, -0.25) is 9.69 Å². The monoisotopic (exact) mass is 406 g/mol. The molecule has 6 heteroatoms. The standard InChI is InChI=1S/C24H26N2O4/c1-16(26(3)15-19-14-21(17(2)30-19)24(28)29-4)23(27)25-22-13-9-8-12-20(22)18-10-6-5-7-11-18/h5-14,16H,15H2,1-4H3,(H,25,27). The second-order valence-electron chi connectivity index (χ2n) is 7.17. The Kier molecular flexibility index (Phi) is 6.69. The summed E-state index contributed by atoms with van der Waals surface area (Å²) in [7, 11) is 3.17. The number of anilines is 1. The minimum Gasteiger partial charge on any atom is -0.465 e. The fraction of sp³-hybridized carbons (Fsp3) is 0.250. The summed E-state index contributed by atoms with van der Waals surface area (Å²) in [6.45, 7) is 3.93. The van der Waals surface area contributed by atoms with E-state index in [0.717, 1.165) is 16.8 Å². The highest BCUT2D eigenvalue weighted by molar-refractivity contribution is 5.98. The summed E-state index contributed by atoms with van der Waals surface area (Å²) in [5.74, 6) is 0.532. The van der Waals surface area contributed by atoms with E-state index in [1.54, 1.807) is 13.0 Å². The minimum atomic E-state index is -0.437. The number of esters is 1. The second kappa shape index (κ2) is 9.41. The molecule has 0 fully saturated rings. The number of hydrogen-bond donors (Lipinski definition) is 1. The molecule has 1 atom stereocenters. The van der Waals surface area contributed by atoms with Crippen LogP contribution in [0.1, 0.15) is 28.8 Å². The predicted octanol–water partition coefficient (Wildman–Crippen LogP) is 4.50. The molecule has 0 saturated heterocycles. The third-order valence-corrected chi connectivity index (χ3v) is 5.09. The van der Waals surface area contributed by atoms with Crippen molar-refractivity contribution in [3.63, 3.8) is 0 Å². The van der Waals surface area contributed by atoms with Crippen molar-refractivity contribution in [3.05, 3.63) is 77.7 Å². The first-order valence-electron chi connectivity index (χ1n) is 9.74. The van der Waals surface area contributed by atoms with E-state index in [9.17, 15) is 9.59 Å². The zero-order valence-electron chi connectivity index (χ0n) is 17.6. The van der Waals surface area contributed by atoms with Gasteiger partial charge >= 0.3 is 5.97 Å². The molecule has 0 radical (unpaired) electrons. The van der Waals surface area contributed by atoms with Crippen LogP contribution in [0, 0.1) is 6.92 Å². The Bertz CT molecular complexity index is 1030. The number of methoxy groups -OCH3 is 1. The summed E-state index contributed by atoms with van der Waals surface area (Å²) in [5.41, 5.74) is 3.16. The number of likely N-dealkylation sites (N-methyl/N-ethyl adjacent to an activating group) is 1. The molecule has 156 valence electrons. The van der Waals surface area contributed by atoms with Crippen molar-refractivity contribution in [2.75, 3.05) is 19.5 Å². The van der Waals surface area contributed by atoms with Gasteiger partial charge in [-0.2, -0.15) is 0 Å². The number of para-hydroxylation sites is 1. The van der Waals surface area contributed by atoms with Crippen molar-refractivity contribution in [1.82, 2.24) is 4.90 Å². The van der Waals surface area contributed by atoms with Crippen LogP contribution < -0.4 is 5.32 Å². The molecule has 0 spiro atoms. The highest BCUT2D eigenvalue weighted by Crippen LogP contribution is 2.28. The number of hydrogen-bond acceptors (Lipinski definition) is 5. The summed E-state index contributed by atoms with van der Waals surface area (Å²) >= 11 is 0. The van der Waals surface area contributed by atoms with Crippen molar-refractivity contribution in [2.45, 2.75) is 26.4 Å². The first-order valence-corrected chi connectivity index (χ1v) is 9.74. The molecule has 0 aliphatic heterocycles. The van der Waals surface area contributed by atoms with Gasteiger partial charge in [0.25, 0.3) is 0 Å². The smallest absolute Gasteiger partial charge is 0.341 e. The van der Waals surface area contributed by atoms with E-state index in [2.05, 4.69) is 5.32 Å². The molecule has 0 aliphatic carbocycles. The predicted molar refractivity (Wildman–Crippen MR) is 116 cm³/mol. The van der Waals surface area contributed by atoms with Gasteiger partial charge in [0.2, 0.25) is 5.91 Å². The van der Waals surface area contributed by atoms with Gasteiger partial charge in [0, 0.05) is 11.3 Å². The number of nitrogens with zero attached hydrogens (tertiary/aromatic N) is 1. The zero-order valence-corrected chi connectivity index (χ0v) is 17.6. The van der Waals surface area contributed by atoms with Crippen molar-refractivity contribution < 1.29 is 18.7 Å². The van der Waals surface area contributed by atoms with Gasteiger partial charge in [-0.05, 0) is 38.6 Å². The Morgan fingerprint density at radius 2 is 1.77 bits per heavy atom. The fourth-order valence-corrected chi connectivity index (χ4v) is 3.22. The van der Waals surface area contributed by atoms with E-state index in [4.69, 9.17) is 9.15 Å². The van der Waals surface area contributed by atoms with Crippen LogP contribution in [-0.4, -0.2) is 37.0 Å². The Hall–Kier alpha value is -3.38. The molecule has 2 aromatic carbocycles. The summed E-state index contributed by atoms with van der Waals surface area (Å²) in [5, 5.41) is 3.03. The Balaban J connectivity index is 1.70. The van der Waals surface area contributed by atoms with Crippen LogP contribution in [0.3, 0.4) is 0 Å². The minimum absolute atomic E-state index is 0.127. The van der Waals surface area contributed by atoms with E-state index in [0.29, 0.717) is 23.6 Å². The first-order chi connectivity index (χ1) is 14.4. The molecule has 1 heterocycles. The van der Waals surface area contributed by atoms with E-state index in [-0.39, 0.29) is 5.91 Å². The zero-order chi connectivity index (χ0) is 21.7.